The van der Waals surface area contributed by atoms with Gasteiger partial charge >= 0.3 is 0 Å². The molecule has 154 valence electrons. The van der Waals surface area contributed by atoms with Crippen LogP contribution in [-0.4, -0.2) is 42.9 Å². The van der Waals surface area contributed by atoms with Crippen molar-refractivity contribution < 1.29 is 9.59 Å². The monoisotopic (exact) mass is 411 g/mol. The molecule has 2 fully saturated rings. The maximum absolute atomic E-state index is 12.7. The molecule has 0 spiro atoms. The maximum Gasteiger partial charge on any atom is 0.229 e. The molecule has 0 bridgehead atoms. The Morgan fingerprint density at radius 1 is 0.966 bits per heavy atom. The normalized spacial score (nSPS) is 17.9. The molecule has 2 heterocycles. The highest BCUT2D eigenvalue weighted by atomic mass is 32.1. The Bertz CT molecular complexity index is 805. The number of anilines is 2. The zero-order chi connectivity index (χ0) is 20.1. The van der Waals surface area contributed by atoms with E-state index in [0.29, 0.717) is 12.3 Å². The van der Waals surface area contributed by atoms with Gasteiger partial charge in [-0.25, -0.2) is 0 Å². The van der Waals surface area contributed by atoms with Crippen molar-refractivity contribution in [2.45, 2.75) is 38.5 Å². The first kappa shape index (κ1) is 20.0. The zero-order valence-corrected chi connectivity index (χ0v) is 17.6. The molecule has 1 aliphatic heterocycles. The predicted octanol–water partition coefficient (Wildman–Crippen LogP) is 4.16. The van der Waals surface area contributed by atoms with Crippen LogP contribution in [0.3, 0.4) is 0 Å². The molecule has 1 saturated heterocycles. The van der Waals surface area contributed by atoms with E-state index in [1.807, 2.05) is 29.6 Å². The van der Waals surface area contributed by atoms with E-state index in [0.717, 1.165) is 55.3 Å². The Morgan fingerprint density at radius 3 is 2.34 bits per heavy atom. The van der Waals surface area contributed by atoms with Crippen molar-refractivity contribution in [1.29, 1.82) is 0 Å². The van der Waals surface area contributed by atoms with Crippen LogP contribution in [0.1, 0.15) is 37.0 Å². The van der Waals surface area contributed by atoms with Gasteiger partial charge in [-0.2, -0.15) is 0 Å². The number of hydrogen-bond donors (Lipinski definition) is 1. The number of hydrogen-bond acceptors (Lipinski definition) is 4. The molecular weight excluding hydrogens is 382 g/mol. The fourth-order valence-electron chi connectivity index (χ4n) is 4.32. The molecule has 2 amide bonds. The summed E-state index contributed by atoms with van der Waals surface area (Å²) in [7, 11) is 0. The SMILES string of the molecule is O=C(Cc1cccs1)Nc1ccc(N2CCN(C(=O)C3CCCCC3)CC2)cc1. The Kier molecular flexibility index (Phi) is 6.49. The fourth-order valence-corrected chi connectivity index (χ4v) is 5.03. The lowest BCUT2D eigenvalue weighted by atomic mass is 9.88. The van der Waals surface area contributed by atoms with Crippen molar-refractivity contribution in [3.63, 3.8) is 0 Å². The molecule has 4 rings (SSSR count). The van der Waals surface area contributed by atoms with Crippen LogP contribution in [0.15, 0.2) is 41.8 Å². The summed E-state index contributed by atoms with van der Waals surface area (Å²) in [6.07, 6.45) is 6.23. The number of nitrogens with one attached hydrogen (secondary N) is 1. The Hall–Kier alpha value is -2.34. The van der Waals surface area contributed by atoms with E-state index in [2.05, 4.69) is 27.2 Å². The lowest BCUT2D eigenvalue weighted by Gasteiger charge is -2.38. The van der Waals surface area contributed by atoms with Gasteiger partial charge in [0.25, 0.3) is 0 Å². The third kappa shape index (κ3) is 5.18. The molecular formula is C23H29N3O2S. The first-order valence-corrected chi connectivity index (χ1v) is 11.5. The Labute approximate surface area is 176 Å². The van der Waals surface area contributed by atoms with Crippen LogP contribution in [0.4, 0.5) is 11.4 Å². The standard InChI is InChI=1S/C23H29N3O2S/c27-22(17-21-7-4-16-29-21)24-19-8-10-20(11-9-19)25-12-14-26(15-13-25)23(28)18-5-2-1-3-6-18/h4,7-11,16,18H,1-3,5-6,12-15,17H2,(H,24,27). The number of rotatable bonds is 5. The third-order valence-corrected chi connectivity index (χ3v) is 6.85. The summed E-state index contributed by atoms with van der Waals surface area (Å²) in [4.78, 5) is 30.3. The highest BCUT2D eigenvalue weighted by Gasteiger charge is 2.28. The number of piperazine rings is 1. The van der Waals surface area contributed by atoms with Crippen molar-refractivity contribution in [3.05, 3.63) is 46.7 Å². The molecule has 1 aliphatic carbocycles. The smallest absolute Gasteiger partial charge is 0.229 e. The number of amides is 2. The second-order valence-corrected chi connectivity index (χ2v) is 9.03. The molecule has 2 aliphatic rings. The molecule has 2 aromatic rings. The van der Waals surface area contributed by atoms with E-state index in [4.69, 9.17) is 0 Å². The first-order valence-electron chi connectivity index (χ1n) is 10.6. The van der Waals surface area contributed by atoms with Gasteiger partial charge < -0.3 is 15.1 Å². The van der Waals surface area contributed by atoms with Crippen LogP contribution >= 0.6 is 11.3 Å². The summed E-state index contributed by atoms with van der Waals surface area (Å²) in [5, 5.41) is 4.95. The van der Waals surface area contributed by atoms with Gasteiger partial charge in [0.05, 0.1) is 6.42 Å². The largest absolute Gasteiger partial charge is 0.368 e. The van der Waals surface area contributed by atoms with E-state index in [9.17, 15) is 9.59 Å². The van der Waals surface area contributed by atoms with E-state index >= 15 is 0 Å². The van der Waals surface area contributed by atoms with Gasteiger partial charge in [0.1, 0.15) is 0 Å². The second kappa shape index (κ2) is 9.44. The van der Waals surface area contributed by atoms with E-state index < -0.39 is 0 Å². The zero-order valence-electron chi connectivity index (χ0n) is 16.8. The average Bonchev–Trinajstić information content (AvgIpc) is 3.27. The summed E-state index contributed by atoms with van der Waals surface area (Å²) in [6, 6.07) is 12.0. The Morgan fingerprint density at radius 2 is 1.69 bits per heavy atom. The third-order valence-electron chi connectivity index (χ3n) is 5.98. The number of benzene rings is 1. The van der Waals surface area contributed by atoms with Crippen LogP contribution in [0.2, 0.25) is 0 Å². The molecule has 1 aromatic heterocycles. The van der Waals surface area contributed by atoms with Crippen LogP contribution in [0, 0.1) is 5.92 Å². The van der Waals surface area contributed by atoms with E-state index in [-0.39, 0.29) is 11.8 Å². The average molecular weight is 412 g/mol. The number of carbonyl (C=O) groups excluding carboxylic acids is 2. The molecule has 29 heavy (non-hydrogen) atoms. The molecule has 1 N–H and O–H groups in total. The van der Waals surface area contributed by atoms with Crippen molar-refractivity contribution >= 4 is 34.5 Å². The van der Waals surface area contributed by atoms with Gasteiger partial charge in [0, 0.05) is 48.3 Å². The highest BCUT2D eigenvalue weighted by Crippen LogP contribution is 2.26. The minimum Gasteiger partial charge on any atom is -0.368 e. The summed E-state index contributed by atoms with van der Waals surface area (Å²) in [5.41, 5.74) is 1.97. The van der Waals surface area contributed by atoms with Crippen molar-refractivity contribution in [2.75, 3.05) is 36.4 Å². The molecule has 1 aromatic carbocycles. The van der Waals surface area contributed by atoms with Gasteiger partial charge in [0.2, 0.25) is 11.8 Å². The van der Waals surface area contributed by atoms with E-state index in [1.165, 1.54) is 19.3 Å². The number of thiophene rings is 1. The summed E-state index contributed by atoms with van der Waals surface area (Å²) >= 11 is 1.60. The van der Waals surface area contributed by atoms with Gasteiger partial charge in [0.15, 0.2) is 0 Å². The van der Waals surface area contributed by atoms with Crippen molar-refractivity contribution in [1.82, 2.24) is 4.90 Å². The first-order chi connectivity index (χ1) is 14.2. The van der Waals surface area contributed by atoms with Crippen molar-refractivity contribution in [2.24, 2.45) is 5.92 Å². The van der Waals surface area contributed by atoms with Gasteiger partial charge in [-0.1, -0.05) is 25.3 Å². The summed E-state index contributed by atoms with van der Waals surface area (Å²) < 4.78 is 0. The summed E-state index contributed by atoms with van der Waals surface area (Å²) in [5.74, 6) is 0.635. The van der Waals surface area contributed by atoms with Crippen LogP contribution < -0.4 is 10.2 Å². The van der Waals surface area contributed by atoms with Crippen LogP contribution in [0.5, 0.6) is 0 Å². The van der Waals surface area contributed by atoms with E-state index in [1.54, 1.807) is 11.3 Å². The van der Waals surface area contributed by atoms with Crippen molar-refractivity contribution in [3.8, 4) is 0 Å². The Balaban J connectivity index is 1.26. The minimum atomic E-state index is 0.00930. The van der Waals surface area contributed by atoms with Gasteiger partial charge in [-0.05, 0) is 48.6 Å². The van der Waals surface area contributed by atoms with Gasteiger partial charge in [-0.15, -0.1) is 11.3 Å². The molecule has 0 atom stereocenters. The summed E-state index contributed by atoms with van der Waals surface area (Å²) in [6.45, 7) is 3.33. The number of carbonyl (C=O) groups is 2. The highest BCUT2D eigenvalue weighted by molar-refractivity contribution is 7.10. The molecule has 1 saturated carbocycles. The fraction of sp³-hybridized carbons (Fsp3) is 0.478. The quantitative estimate of drug-likeness (QED) is 0.804. The molecule has 6 heteroatoms. The predicted molar refractivity (Wildman–Crippen MR) is 118 cm³/mol. The maximum atomic E-state index is 12.7. The number of nitrogens with zero attached hydrogens (tertiary/aromatic N) is 2. The lowest BCUT2D eigenvalue weighted by molar-refractivity contribution is -0.136. The topological polar surface area (TPSA) is 52.7 Å². The van der Waals surface area contributed by atoms with Crippen LogP contribution in [0.25, 0.3) is 0 Å². The van der Waals surface area contributed by atoms with Gasteiger partial charge in [-0.3, -0.25) is 9.59 Å². The lowest BCUT2D eigenvalue weighted by Crippen LogP contribution is -2.50. The minimum absolute atomic E-state index is 0.00930. The van der Waals surface area contributed by atoms with Crippen LogP contribution in [-0.2, 0) is 16.0 Å². The molecule has 0 radical (unpaired) electrons. The molecule has 0 unspecified atom stereocenters. The second-order valence-electron chi connectivity index (χ2n) is 8.00. The molecule has 5 nitrogen and oxygen atoms in total.